The molecule has 2 unspecified atom stereocenters. The van der Waals surface area contributed by atoms with Crippen LogP contribution in [0.5, 0.6) is 0 Å². The van der Waals surface area contributed by atoms with Crippen LogP contribution in [-0.2, 0) is 15.1 Å². The number of alkyl halides is 1. The number of benzene rings is 1. The molecule has 0 saturated carbocycles. The molecule has 0 bridgehead atoms. The molecule has 1 rings (SSSR count). The number of carbonyl (C=O) groups excluding carboxylic acids is 1. The van der Waals surface area contributed by atoms with Gasteiger partial charge in [0.15, 0.2) is 0 Å². The Morgan fingerprint density at radius 3 is 2.78 bits per heavy atom. The minimum atomic E-state index is -2.20. The topological polar surface area (TPSA) is 46.5 Å². The molecule has 0 heterocycles. The van der Waals surface area contributed by atoms with Gasteiger partial charge in [0.2, 0.25) is 6.17 Å². The average molecular weight is 340 g/mol. The van der Waals surface area contributed by atoms with Crippen molar-refractivity contribution in [2.45, 2.75) is 25.6 Å². The van der Waals surface area contributed by atoms with Gasteiger partial charge in [-0.25, -0.2) is 9.18 Å². The third-order valence-electron chi connectivity index (χ3n) is 2.46. The SMILES string of the molecule is CCOC(=O)C(F)C(C)(O)c1ccc(Br)cc1Cl. The summed E-state index contributed by atoms with van der Waals surface area (Å²) in [6.45, 7) is 2.79. The Balaban J connectivity index is 3.08. The second kappa shape index (κ2) is 5.99. The van der Waals surface area contributed by atoms with Crippen LogP contribution in [0.25, 0.3) is 0 Å². The number of ether oxygens (including phenoxy) is 1. The van der Waals surface area contributed by atoms with Crippen molar-refractivity contribution in [3.05, 3.63) is 33.3 Å². The molecule has 0 spiro atoms. The summed E-state index contributed by atoms with van der Waals surface area (Å²) < 4.78 is 19.2. The molecule has 1 N–H and O–H groups in total. The third-order valence-corrected chi connectivity index (χ3v) is 3.27. The van der Waals surface area contributed by atoms with Crippen molar-refractivity contribution < 1.29 is 19.0 Å². The number of rotatable bonds is 4. The summed E-state index contributed by atoms with van der Waals surface area (Å²) in [5.41, 5.74) is -1.91. The maximum atomic E-state index is 13.9. The van der Waals surface area contributed by atoms with Crippen LogP contribution in [0.1, 0.15) is 19.4 Å². The molecule has 0 aliphatic carbocycles. The summed E-state index contributed by atoms with van der Waals surface area (Å²) >= 11 is 9.13. The molecular formula is C12H13BrClFO3. The van der Waals surface area contributed by atoms with Gasteiger partial charge in [0.25, 0.3) is 0 Å². The Kier molecular flexibility index (Phi) is 5.13. The van der Waals surface area contributed by atoms with Crippen molar-refractivity contribution in [1.82, 2.24) is 0 Å². The van der Waals surface area contributed by atoms with Crippen molar-refractivity contribution in [2.24, 2.45) is 0 Å². The van der Waals surface area contributed by atoms with E-state index in [1.807, 2.05) is 0 Å². The zero-order valence-corrected chi connectivity index (χ0v) is 12.3. The van der Waals surface area contributed by atoms with Gasteiger partial charge in [-0.15, -0.1) is 0 Å². The largest absolute Gasteiger partial charge is 0.464 e. The highest BCUT2D eigenvalue weighted by Gasteiger charge is 2.41. The Bertz CT molecular complexity index is 451. The van der Waals surface area contributed by atoms with E-state index >= 15 is 0 Å². The monoisotopic (exact) mass is 338 g/mol. The summed E-state index contributed by atoms with van der Waals surface area (Å²) in [4.78, 5) is 11.3. The molecule has 0 aromatic heterocycles. The van der Waals surface area contributed by atoms with Crippen LogP contribution in [-0.4, -0.2) is 23.9 Å². The zero-order valence-electron chi connectivity index (χ0n) is 9.91. The van der Waals surface area contributed by atoms with E-state index in [9.17, 15) is 14.3 Å². The van der Waals surface area contributed by atoms with Crippen LogP contribution in [0, 0.1) is 0 Å². The lowest BCUT2D eigenvalue weighted by molar-refractivity contribution is -0.160. The molecule has 6 heteroatoms. The van der Waals surface area contributed by atoms with Crippen LogP contribution in [0.3, 0.4) is 0 Å². The van der Waals surface area contributed by atoms with E-state index in [2.05, 4.69) is 20.7 Å². The third kappa shape index (κ3) is 3.22. The number of hydrogen-bond acceptors (Lipinski definition) is 3. The second-order valence-corrected chi connectivity index (χ2v) is 5.21. The first-order valence-electron chi connectivity index (χ1n) is 5.29. The summed E-state index contributed by atoms with van der Waals surface area (Å²) in [5, 5.41) is 10.3. The summed E-state index contributed by atoms with van der Waals surface area (Å²) in [6, 6.07) is 4.58. The van der Waals surface area contributed by atoms with Crippen molar-refractivity contribution in [3.63, 3.8) is 0 Å². The number of aliphatic hydroxyl groups is 1. The van der Waals surface area contributed by atoms with Crippen molar-refractivity contribution >= 4 is 33.5 Å². The van der Waals surface area contributed by atoms with E-state index in [1.165, 1.54) is 19.1 Å². The lowest BCUT2D eigenvalue weighted by atomic mass is 9.91. The molecule has 0 amide bonds. The van der Waals surface area contributed by atoms with E-state index in [0.717, 1.165) is 0 Å². The predicted molar refractivity (Wildman–Crippen MR) is 70.3 cm³/mol. The molecule has 0 aliphatic heterocycles. The average Bonchev–Trinajstić information content (AvgIpc) is 2.27. The second-order valence-electron chi connectivity index (χ2n) is 3.89. The minimum Gasteiger partial charge on any atom is -0.464 e. The van der Waals surface area contributed by atoms with E-state index in [4.69, 9.17) is 11.6 Å². The lowest BCUT2D eigenvalue weighted by Crippen LogP contribution is -2.40. The summed E-state index contributed by atoms with van der Waals surface area (Å²) in [7, 11) is 0. The lowest BCUT2D eigenvalue weighted by Gasteiger charge is -2.27. The highest BCUT2D eigenvalue weighted by Crippen LogP contribution is 2.34. The minimum absolute atomic E-state index is 0.0450. The summed E-state index contributed by atoms with van der Waals surface area (Å²) in [6.07, 6.45) is -2.20. The molecule has 2 atom stereocenters. The first kappa shape index (κ1) is 15.4. The predicted octanol–water partition coefficient (Wildman–Crippen LogP) is 3.21. The van der Waals surface area contributed by atoms with Gasteiger partial charge < -0.3 is 9.84 Å². The van der Waals surface area contributed by atoms with E-state index in [1.54, 1.807) is 13.0 Å². The first-order valence-corrected chi connectivity index (χ1v) is 6.46. The Morgan fingerprint density at radius 1 is 1.67 bits per heavy atom. The quantitative estimate of drug-likeness (QED) is 0.857. The Labute approximate surface area is 118 Å². The number of halogens is 3. The maximum Gasteiger partial charge on any atom is 0.344 e. The number of carbonyl (C=O) groups is 1. The van der Waals surface area contributed by atoms with Gasteiger partial charge >= 0.3 is 5.97 Å². The van der Waals surface area contributed by atoms with Gasteiger partial charge in [0.1, 0.15) is 5.60 Å². The molecule has 100 valence electrons. The molecule has 1 aromatic rings. The fourth-order valence-electron chi connectivity index (χ4n) is 1.48. The van der Waals surface area contributed by atoms with Crippen molar-refractivity contribution in [2.75, 3.05) is 6.61 Å². The van der Waals surface area contributed by atoms with Crippen molar-refractivity contribution in [3.8, 4) is 0 Å². The van der Waals surface area contributed by atoms with Gasteiger partial charge in [-0.2, -0.15) is 0 Å². The molecule has 0 saturated heterocycles. The van der Waals surface area contributed by atoms with Crippen LogP contribution >= 0.6 is 27.5 Å². The van der Waals surface area contributed by atoms with Gasteiger partial charge in [-0.1, -0.05) is 33.6 Å². The molecule has 3 nitrogen and oxygen atoms in total. The van der Waals surface area contributed by atoms with Gasteiger partial charge in [0.05, 0.1) is 6.61 Å². The molecule has 0 radical (unpaired) electrons. The molecule has 0 aliphatic rings. The highest BCUT2D eigenvalue weighted by atomic mass is 79.9. The van der Waals surface area contributed by atoms with E-state index < -0.39 is 17.7 Å². The normalized spacial score (nSPS) is 15.9. The van der Waals surface area contributed by atoms with Gasteiger partial charge in [0, 0.05) is 15.1 Å². The summed E-state index contributed by atoms with van der Waals surface area (Å²) in [5.74, 6) is -1.11. The first-order chi connectivity index (χ1) is 8.30. The molecule has 0 fully saturated rings. The fraction of sp³-hybridized carbons (Fsp3) is 0.417. The Morgan fingerprint density at radius 2 is 2.28 bits per heavy atom. The molecular weight excluding hydrogens is 326 g/mol. The van der Waals surface area contributed by atoms with Gasteiger partial charge in [-0.05, 0) is 26.0 Å². The Hall–Kier alpha value is -0.650. The molecule has 18 heavy (non-hydrogen) atoms. The molecule has 1 aromatic carbocycles. The maximum absolute atomic E-state index is 13.9. The smallest absolute Gasteiger partial charge is 0.344 e. The zero-order chi connectivity index (χ0) is 13.9. The standard InChI is InChI=1S/C12H13BrClFO3/c1-3-18-11(16)10(15)12(2,17)8-5-4-7(13)6-9(8)14/h4-6,10,17H,3H2,1-2H3. The number of esters is 1. The van der Waals surface area contributed by atoms with Crippen LogP contribution in [0.2, 0.25) is 5.02 Å². The van der Waals surface area contributed by atoms with E-state index in [0.29, 0.717) is 4.47 Å². The van der Waals surface area contributed by atoms with Crippen molar-refractivity contribution in [1.29, 1.82) is 0 Å². The van der Waals surface area contributed by atoms with Gasteiger partial charge in [-0.3, -0.25) is 0 Å². The van der Waals surface area contributed by atoms with Crippen LogP contribution in [0.15, 0.2) is 22.7 Å². The highest BCUT2D eigenvalue weighted by molar-refractivity contribution is 9.10. The number of hydrogen-bond donors (Lipinski definition) is 1. The van der Waals surface area contributed by atoms with E-state index in [-0.39, 0.29) is 17.2 Å². The van der Waals surface area contributed by atoms with Crippen LogP contribution in [0.4, 0.5) is 4.39 Å². The van der Waals surface area contributed by atoms with Crippen LogP contribution < -0.4 is 0 Å². The fourth-order valence-corrected chi connectivity index (χ4v) is 2.35.